The van der Waals surface area contributed by atoms with Crippen LogP contribution in [0.1, 0.15) is 0 Å². The van der Waals surface area contributed by atoms with Crippen molar-refractivity contribution in [3.63, 3.8) is 0 Å². The molecule has 0 aromatic rings. The van der Waals surface area contributed by atoms with Crippen LogP contribution in [-0.4, -0.2) is 59.2 Å². The molecule has 6 N–H and O–H groups in total. The van der Waals surface area contributed by atoms with Crippen molar-refractivity contribution < 1.29 is 38.4 Å². The van der Waals surface area contributed by atoms with E-state index in [1.54, 1.807) is 0 Å². The van der Waals surface area contributed by atoms with Gasteiger partial charge in [0.05, 0.1) is 6.26 Å². The average Bonchev–Trinajstić information content (AvgIpc) is 1.98. The number of primary sulfonamides is 1. The minimum absolute atomic E-state index is 0.938. The summed E-state index contributed by atoms with van der Waals surface area (Å²) in [6.45, 7) is 0. The minimum Gasteiger partial charge on any atom is -0.479 e. The van der Waals surface area contributed by atoms with Gasteiger partial charge in [0, 0.05) is 0 Å². The van der Waals surface area contributed by atoms with Crippen LogP contribution in [0.3, 0.4) is 0 Å². The third-order valence-electron chi connectivity index (χ3n) is 0.805. The van der Waals surface area contributed by atoms with Crippen molar-refractivity contribution in [2.45, 2.75) is 12.2 Å². The first kappa shape index (κ1) is 16.2. The summed E-state index contributed by atoms with van der Waals surface area (Å²) in [5, 5.41) is 36.9. The van der Waals surface area contributed by atoms with Crippen molar-refractivity contribution in [2.24, 2.45) is 5.14 Å². The molecule has 15 heavy (non-hydrogen) atoms. The molecular formula is C5H11NO8S. The fourth-order valence-electron chi connectivity index (χ4n) is 0.270. The summed E-state index contributed by atoms with van der Waals surface area (Å²) in [5.74, 6) is -3.54. The second kappa shape index (κ2) is 6.29. The summed E-state index contributed by atoms with van der Waals surface area (Å²) >= 11 is 0. The van der Waals surface area contributed by atoms with Gasteiger partial charge in [-0.2, -0.15) is 0 Å². The molecule has 0 saturated heterocycles. The average molecular weight is 245 g/mol. The van der Waals surface area contributed by atoms with Crippen molar-refractivity contribution >= 4 is 22.0 Å². The number of aliphatic carboxylic acids is 2. The molecule has 9 nitrogen and oxygen atoms in total. The molecule has 0 aromatic carbocycles. The summed E-state index contributed by atoms with van der Waals surface area (Å²) < 4.78 is 18.8. The lowest BCUT2D eigenvalue weighted by Gasteiger charge is -2.07. The number of rotatable bonds is 3. The van der Waals surface area contributed by atoms with Crippen molar-refractivity contribution in [1.29, 1.82) is 0 Å². The fraction of sp³-hybridized carbons (Fsp3) is 0.600. The zero-order valence-corrected chi connectivity index (χ0v) is 8.38. The Morgan fingerprint density at radius 3 is 1.27 bits per heavy atom. The van der Waals surface area contributed by atoms with Gasteiger partial charge in [-0.25, -0.2) is 23.1 Å². The van der Waals surface area contributed by atoms with Crippen LogP contribution >= 0.6 is 0 Å². The van der Waals surface area contributed by atoms with E-state index in [2.05, 4.69) is 5.14 Å². The first-order valence-electron chi connectivity index (χ1n) is 3.26. The van der Waals surface area contributed by atoms with E-state index in [4.69, 9.17) is 20.4 Å². The zero-order valence-electron chi connectivity index (χ0n) is 7.56. The molecule has 0 amide bonds. The molecule has 0 bridgehead atoms. The zero-order chi connectivity index (χ0) is 12.8. The van der Waals surface area contributed by atoms with E-state index in [0.29, 0.717) is 0 Å². The van der Waals surface area contributed by atoms with Crippen molar-refractivity contribution in [1.82, 2.24) is 0 Å². The Morgan fingerprint density at radius 1 is 1.07 bits per heavy atom. The maximum Gasteiger partial charge on any atom is 0.335 e. The largest absolute Gasteiger partial charge is 0.479 e. The molecule has 10 heteroatoms. The lowest BCUT2D eigenvalue weighted by Crippen LogP contribution is -2.39. The monoisotopic (exact) mass is 245 g/mol. The molecule has 0 aliphatic heterocycles. The number of hydrogen-bond donors (Lipinski definition) is 5. The molecular weight excluding hydrogens is 234 g/mol. The third-order valence-corrected chi connectivity index (χ3v) is 0.805. The van der Waals surface area contributed by atoms with Crippen LogP contribution < -0.4 is 5.14 Å². The van der Waals surface area contributed by atoms with Crippen LogP contribution in [0, 0.1) is 0 Å². The lowest BCUT2D eigenvalue weighted by molar-refractivity contribution is -0.165. The van der Waals surface area contributed by atoms with Gasteiger partial charge in [0.1, 0.15) is 0 Å². The fourth-order valence-corrected chi connectivity index (χ4v) is 0.270. The lowest BCUT2D eigenvalue weighted by atomic mass is 10.2. The molecule has 90 valence electrons. The van der Waals surface area contributed by atoms with Gasteiger partial charge in [-0.05, 0) is 0 Å². The number of sulfonamides is 1. The number of aliphatic hydroxyl groups excluding tert-OH is 2. The Hall–Kier alpha value is -1.23. The number of nitrogens with two attached hydrogens (primary N) is 1. The number of carbonyl (C=O) groups is 2. The van der Waals surface area contributed by atoms with E-state index in [9.17, 15) is 18.0 Å². The van der Waals surface area contributed by atoms with E-state index < -0.39 is 34.2 Å². The highest BCUT2D eigenvalue weighted by Gasteiger charge is 2.29. The Balaban J connectivity index is 0. The molecule has 0 rings (SSSR count). The van der Waals surface area contributed by atoms with E-state index in [-0.39, 0.29) is 0 Å². The summed E-state index contributed by atoms with van der Waals surface area (Å²) in [5.41, 5.74) is 0. The van der Waals surface area contributed by atoms with Gasteiger partial charge in [-0.1, -0.05) is 0 Å². The van der Waals surface area contributed by atoms with Crippen LogP contribution in [-0.2, 0) is 19.6 Å². The highest BCUT2D eigenvalue weighted by atomic mass is 32.2. The second-order valence-corrected chi connectivity index (χ2v) is 4.05. The number of carboxylic acids is 2. The Labute approximate surface area is 84.8 Å². The van der Waals surface area contributed by atoms with Crippen molar-refractivity contribution in [3.8, 4) is 0 Å². The summed E-state index contributed by atoms with van der Waals surface area (Å²) in [7, 11) is -3.17. The summed E-state index contributed by atoms with van der Waals surface area (Å²) in [4.78, 5) is 19.5. The van der Waals surface area contributed by atoms with Gasteiger partial charge in [-0.3, -0.25) is 0 Å². The van der Waals surface area contributed by atoms with E-state index in [0.717, 1.165) is 6.26 Å². The van der Waals surface area contributed by atoms with Gasteiger partial charge in [-0.15, -0.1) is 0 Å². The Kier molecular flexibility index (Phi) is 6.80. The molecule has 0 aromatic heterocycles. The highest BCUT2D eigenvalue weighted by molar-refractivity contribution is 7.88. The molecule has 0 spiro atoms. The molecule has 0 aliphatic carbocycles. The van der Waals surface area contributed by atoms with Gasteiger partial charge in [0.15, 0.2) is 12.2 Å². The van der Waals surface area contributed by atoms with Gasteiger partial charge < -0.3 is 20.4 Å². The molecule has 0 unspecified atom stereocenters. The number of hydrogen-bond acceptors (Lipinski definition) is 6. The third kappa shape index (κ3) is 12.8. The Morgan fingerprint density at radius 2 is 1.20 bits per heavy atom. The highest BCUT2D eigenvalue weighted by Crippen LogP contribution is 1.92. The van der Waals surface area contributed by atoms with E-state index in [1.807, 2.05) is 0 Å². The van der Waals surface area contributed by atoms with Crippen molar-refractivity contribution in [3.05, 3.63) is 0 Å². The van der Waals surface area contributed by atoms with Crippen LogP contribution in [0.5, 0.6) is 0 Å². The molecule has 0 aliphatic rings. The molecule has 0 saturated carbocycles. The maximum atomic E-state index is 9.77. The van der Waals surface area contributed by atoms with Crippen LogP contribution in [0.25, 0.3) is 0 Å². The summed E-state index contributed by atoms with van der Waals surface area (Å²) in [6.07, 6.45) is -3.59. The number of aliphatic hydroxyl groups is 2. The second-order valence-electron chi connectivity index (χ2n) is 2.40. The first-order chi connectivity index (χ1) is 6.46. The van der Waals surface area contributed by atoms with Gasteiger partial charge in [0.2, 0.25) is 10.0 Å². The summed E-state index contributed by atoms with van der Waals surface area (Å²) in [6, 6.07) is 0. The topological polar surface area (TPSA) is 175 Å². The molecule has 0 fully saturated rings. The van der Waals surface area contributed by atoms with Gasteiger partial charge >= 0.3 is 11.9 Å². The van der Waals surface area contributed by atoms with Gasteiger partial charge in [0.25, 0.3) is 0 Å². The quantitative estimate of drug-likeness (QED) is 0.345. The van der Waals surface area contributed by atoms with E-state index >= 15 is 0 Å². The maximum absolute atomic E-state index is 9.77. The predicted octanol–water partition coefficient (Wildman–Crippen LogP) is -3.22. The minimum atomic E-state index is -3.17. The molecule has 0 radical (unpaired) electrons. The Bertz CT molecular complexity index is 296. The first-order valence-corrected chi connectivity index (χ1v) is 5.21. The van der Waals surface area contributed by atoms with Crippen molar-refractivity contribution in [2.75, 3.05) is 6.26 Å². The van der Waals surface area contributed by atoms with Crippen LogP contribution in [0.15, 0.2) is 0 Å². The predicted molar refractivity (Wildman–Crippen MR) is 46.3 cm³/mol. The standard InChI is InChI=1S/C4H6O6.CH5NO2S/c5-1(3(7)8)2(6)4(9)10;1-5(2,3)4/h1-2,5-6H,(H,7,8)(H,9,10);1H3,(H2,2,3,4)/t1-,2-;/m1./s1. The molecule has 2 atom stereocenters. The SMILES string of the molecule is CS(N)(=O)=O.O=C(O)[C@H](O)[C@@H](O)C(=O)O. The van der Waals surface area contributed by atoms with E-state index in [1.165, 1.54) is 0 Å². The van der Waals surface area contributed by atoms with Crippen LogP contribution in [0.2, 0.25) is 0 Å². The smallest absolute Gasteiger partial charge is 0.335 e. The normalized spacial score (nSPS) is 14.4. The molecule has 0 heterocycles. The van der Waals surface area contributed by atoms with Crippen LogP contribution in [0.4, 0.5) is 0 Å². The number of carboxylic acid groups (broad SMARTS) is 2.